The normalized spacial score (nSPS) is 16.9. The molecule has 2 atom stereocenters. The SMILES string of the molecule is COc1ccc(O)c(C(=O)c2ccc(C(=O)NC3CNC[C@H]3NC(=O)c3ccnc(N)n3)cc2)c1. The predicted octanol–water partition coefficient (Wildman–Crippen LogP) is 0.504. The smallest absolute Gasteiger partial charge is 0.270 e. The van der Waals surface area contributed by atoms with Crippen molar-refractivity contribution in [1.82, 2.24) is 25.9 Å². The molecule has 1 unspecified atom stereocenters. The van der Waals surface area contributed by atoms with Gasteiger partial charge in [-0.15, -0.1) is 0 Å². The molecule has 180 valence electrons. The summed E-state index contributed by atoms with van der Waals surface area (Å²) in [5.41, 5.74) is 6.42. The Labute approximate surface area is 200 Å². The zero-order valence-corrected chi connectivity index (χ0v) is 18.8. The molecule has 6 N–H and O–H groups in total. The maximum Gasteiger partial charge on any atom is 0.270 e. The second kappa shape index (κ2) is 10.2. The topological polar surface area (TPSA) is 169 Å². The molecule has 0 spiro atoms. The lowest BCUT2D eigenvalue weighted by molar-refractivity contribution is 0.0894. The molecule has 3 aromatic rings. The summed E-state index contributed by atoms with van der Waals surface area (Å²) < 4.78 is 5.11. The third kappa shape index (κ3) is 5.36. The molecule has 35 heavy (non-hydrogen) atoms. The molecule has 11 nitrogen and oxygen atoms in total. The van der Waals surface area contributed by atoms with Crippen molar-refractivity contribution in [3.8, 4) is 11.5 Å². The lowest BCUT2D eigenvalue weighted by atomic mass is 10.0. The van der Waals surface area contributed by atoms with E-state index in [-0.39, 0.29) is 40.9 Å². The van der Waals surface area contributed by atoms with Crippen molar-refractivity contribution in [3.05, 3.63) is 77.1 Å². The van der Waals surface area contributed by atoms with Gasteiger partial charge in [0.05, 0.1) is 24.8 Å². The Bertz CT molecular complexity index is 1260. The van der Waals surface area contributed by atoms with Crippen LogP contribution in [0.5, 0.6) is 11.5 Å². The van der Waals surface area contributed by atoms with Crippen LogP contribution in [0.15, 0.2) is 54.7 Å². The molecule has 4 rings (SSSR count). The molecular formula is C24H24N6O5. The number of aromatic nitrogens is 2. The van der Waals surface area contributed by atoms with Crippen LogP contribution in [0.3, 0.4) is 0 Å². The largest absolute Gasteiger partial charge is 0.507 e. The summed E-state index contributed by atoms with van der Waals surface area (Å²) >= 11 is 0. The van der Waals surface area contributed by atoms with Crippen LogP contribution in [0.25, 0.3) is 0 Å². The first-order valence-electron chi connectivity index (χ1n) is 10.8. The van der Waals surface area contributed by atoms with Gasteiger partial charge in [0.15, 0.2) is 5.78 Å². The monoisotopic (exact) mass is 476 g/mol. The maximum absolute atomic E-state index is 12.8. The molecule has 2 heterocycles. The van der Waals surface area contributed by atoms with Gasteiger partial charge in [0.1, 0.15) is 17.2 Å². The Kier molecular flexibility index (Phi) is 6.88. The number of hydrogen-bond acceptors (Lipinski definition) is 9. The number of hydrogen-bond donors (Lipinski definition) is 5. The van der Waals surface area contributed by atoms with Crippen molar-refractivity contribution < 1.29 is 24.2 Å². The third-order valence-corrected chi connectivity index (χ3v) is 5.61. The second-order valence-electron chi connectivity index (χ2n) is 7.91. The number of nitrogens with zero attached hydrogens (tertiary/aromatic N) is 2. The van der Waals surface area contributed by atoms with E-state index in [2.05, 4.69) is 25.9 Å². The Balaban J connectivity index is 1.40. The van der Waals surface area contributed by atoms with E-state index in [9.17, 15) is 19.5 Å². The zero-order valence-electron chi connectivity index (χ0n) is 18.8. The van der Waals surface area contributed by atoms with E-state index in [4.69, 9.17) is 10.5 Å². The lowest BCUT2D eigenvalue weighted by Crippen LogP contribution is -2.51. The van der Waals surface area contributed by atoms with E-state index >= 15 is 0 Å². The number of benzene rings is 2. The summed E-state index contributed by atoms with van der Waals surface area (Å²) in [6.07, 6.45) is 1.40. The van der Waals surface area contributed by atoms with E-state index in [1.54, 1.807) is 6.07 Å². The number of nitrogens with one attached hydrogen (secondary N) is 3. The van der Waals surface area contributed by atoms with E-state index in [1.165, 1.54) is 55.8 Å². The fourth-order valence-electron chi connectivity index (χ4n) is 3.73. The van der Waals surface area contributed by atoms with Crippen LogP contribution in [-0.2, 0) is 0 Å². The number of ketones is 1. The molecule has 1 aliphatic rings. The molecule has 0 aliphatic carbocycles. The van der Waals surface area contributed by atoms with E-state index < -0.39 is 11.7 Å². The minimum atomic E-state index is -0.421. The van der Waals surface area contributed by atoms with Crippen molar-refractivity contribution in [2.45, 2.75) is 12.1 Å². The van der Waals surface area contributed by atoms with Gasteiger partial charge in [-0.3, -0.25) is 14.4 Å². The number of anilines is 1. The van der Waals surface area contributed by atoms with E-state index in [0.717, 1.165) is 0 Å². The van der Waals surface area contributed by atoms with Gasteiger partial charge in [-0.05, 0) is 36.4 Å². The Morgan fingerprint density at radius 1 is 1.00 bits per heavy atom. The molecule has 2 aromatic carbocycles. The number of phenolic OH excluding ortho intramolecular Hbond substituents is 1. The number of carbonyl (C=O) groups excluding carboxylic acids is 3. The van der Waals surface area contributed by atoms with Gasteiger partial charge in [0.2, 0.25) is 5.95 Å². The van der Waals surface area contributed by atoms with Gasteiger partial charge in [-0.1, -0.05) is 12.1 Å². The van der Waals surface area contributed by atoms with Crippen LogP contribution in [0.4, 0.5) is 5.95 Å². The molecule has 1 aliphatic heterocycles. The molecule has 1 fully saturated rings. The zero-order chi connectivity index (χ0) is 24.9. The average molecular weight is 476 g/mol. The number of amides is 2. The molecule has 2 amide bonds. The fraction of sp³-hybridized carbons (Fsp3) is 0.208. The average Bonchev–Trinajstić information content (AvgIpc) is 3.30. The Morgan fingerprint density at radius 3 is 2.31 bits per heavy atom. The number of methoxy groups -OCH3 is 1. The van der Waals surface area contributed by atoms with E-state index in [1.807, 2.05) is 0 Å². The lowest BCUT2D eigenvalue weighted by Gasteiger charge is -2.21. The number of carbonyl (C=O) groups is 3. The van der Waals surface area contributed by atoms with Crippen LogP contribution in [0.1, 0.15) is 36.8 Å². The number of rotatable bonds is 7. The van der Waals surface area contributed by atoms with Gasteiger partial charge in [-0.25, -0.2) is 9.97 Å². The van der Waals surface area contributed by atoms with Gasteiger partial charge < -0.3 is 31.5 Å². The second-order valence-corrected chi connectivity index (χ2v) is 7.91. The van der Waals surface area contributed by atoms with Crippen molar-refractivity contribution in [2.75, 3.05) is 25.9 Å². The van der Waals surface area contributed by atoms with Gasteiger partial charge >= 0.3 is 0 Å². The van der Waals surface area contributed by atoms with Crippen molar-refractivity contribution in [1.29, 1.82) is 0 Å². The standard InChI is InChI=1S/C24H24N6O5/c1-35-15-6-7-20(31)16(10-15)21(32)13-2-4-14(5-3-13)22(33)28-18-11-26-12-19(18)29-23(34)17-8-9-27-24(25)30-17/h2-10,18-19,26,31H,11-12H2,1H3,(H,28,33)(H,29,34)(H2,25,27,30)/t18?,19-/m1/s1. The summed E-state index contributed by atoms with van der Waals surface area (Å²) in [6.45, 7) is 0.934. The summed E-state index contributed by atoms with van der Waals surface area (Å²) in [6, 6.07) is 11.2. The molecule has 1 aromatic heterocycles. The first kappa shape index (κ1) is 23.6. The number of ether oxygens (including phenoxy) is 1. The van der Waals surface area contributed by atoms with Gasteiger partial charge in [-0.2, -0.15) is 0 Å². The highest BCUT2D eigenvalue weighted by atomic mass is 16.5. The minimum absolute atomic E-state index is 0.00408. The van der Waals surface area contributed by atoms with Crippen molar-refractivity contribution in [2.24, 2.45) is 0 Å². The molecule has 1 saturated heterocycles. The van der Waals surface area contributed by atoms with Gasteiger partial charge in [0.25, 0.3) is 11.8 Å². The fourth-order valence-corrected chi connectivity index (χ4v) is 3.73. The summed E-state index contributed by atoms with van der Waals surface area (Å²) in [4.78, 5) is 45.8. The number of aromatic hydroxyl groups is 1. The van der Waals surface area contributed by atoms with Crippen molar-refractivity contribution in [3.63, 3.8) is 0 Å². The van der Waals surface area contributed by atoms with Crippen LogP contribution in [0.2, 0.25) is 0 Å². The molecule has 0 radical (unpaired) electrons. The summed E-state index contributed by atoms with van der Waals surface area (Å²) in [7, 11) is 1.47. The first-order valence-corrected chi connectivity index (χ1v) is 10.8. The highest BCUT2D eigenvalue weighted by Gasteiger charge is 2.30. The van der Waals surface area contributed by atoms with Crippen LogP contribution in [0, 0.1) is 0 Å². The first-order chi connectivity index (χ1) is 16.9. The Hall–Kier alpha value is -4.51. The maximum atomic E-state index is 12.8. The van der Waals surface area contributed by atoms with Crippen LogP contribution >= 0.6 is 0 Å². The highest BCUT2D eigenvalue weighted by molar-refractivity contribution is 6.11. The summed E-state index contributed by atoms with van der Waals surface area (Å²) in [5.74, 6) is -0.901. The number of nitrogens with two attached hydrogens (primary N) is 1. The molecular weight excluding hydrogens is 452 g/mol. The third-order valence-electron chi connectivity index (χ3n) is 5.61. The number of phenols is 1. The van der Waals surface area contributed by atoms with E-state index in [0.29, 0.717) is 30.0 Å². The van der Waals surface area contributed by atoms with Crippen LogP contribution in [-0.4, -0.2) is 65.0 Å². The highest BCUT2D eigenvalue weighted by Crippen LogP contribution is 2.25. The Morgan fingerprint density at radius 2 is 1.66 bits per heavy atom. The van der Waals surface area contributed by atoms with Crippen LogP contribution < -0.4 is 26.4 Å². The summed E-state index contributed by atoms with van der Waals surface area (Å²) in [5, 5.41) is 18.9. The van der Waals surface area contributed by atoms with Crippen molar-refractivity contribution >= 4 is 23.5 Å². The van der Waals surface area contributed by atoms with Gasteiger partial charge in [0, 0.05) is 30.4 Å². The molecule has 11 heteroatoms. The minimum Gasteiger partial charge on any atom is -0.507 e. The molecule has 0 bridgehead atoms. The molecule has 0 saturated carbocycles. The predicted molar refractivity (Wildman–Crippen MR) is 126 cm³/mol. The number of nitrogen functional groups attached to an aromatic ring is 1. The quantitative estimate of drug-likeness (QED) is 0.305.